The van der Waals surface area contributed by atoms with Crippen molar-refractivity contribution in [2.45, 2.75) is 25.4 Å². The Labute approximate surface area is 275 Å². The van der Waals surface area contributed by atoms with E-state index < -0.39 is 0 Å². The predicted octanol–water partition coefficient (Wildman–Crippen LogP) is 4.06. The highest BCUT2D eigenvalue weighted by atomic mass is 16.5. The SMILES string of the molecule is CN(C)CCn1ccc2c(N3CCOCC3)nc(-c3ccc(NC(=O)Nc4ccc(C(=O)N5CCN(C6CC6)CC5)cc4)cc3)nc21. The monoisotopic (exact) mass is 637 g/mol. The zero-order valence-corrected chi connectivity index (χ0v) is 27.2. The molecule has 3 amide bonds. The third-order valence-corrected chi connectivity index (χ3v) is 9.15. The van der Waals surface area contributed by atoms with Crippen LogP contribution in [0.3, 0.4) is 0 Å². The molecule has 3 aliphatic rings. The first kappa shape index (κ1) is 31.1. The van der Waals surface area contributed by atoms with E-state index in [0.717, 1.165) is 80.8 Å². The molecule has 1 saturated carbocycles. The second kappa shape index (κ2) is 13.7. The molecule has 4 heterocycles. The summed E-state index contributed by atoms with van der Waals surface area (Å²) >= 11 is 0. The van der Waals surface area contributed by atoms with Gasteiger partial charge in [-0.2, -0.15) is 0 Å². The van der Waals surface area contributed by atoms with Crippen LogP contribution < -0.4 is 15.5 Å². The van der Waals surface area contributed by atoms with E-state index in [9.17, 15) is 9.59 Å². The number of anilines is 3. The number of urea groups is 1. The molecule has 12 nitrogen and oxygen atoms in total. The summed E-state index contributed by atoms with van der Waals surface area (Å²) in [6.07, 6.45) is 4.66. The van der Waals surface area contributed by atoms with Crippen molar-refractivity contribution in [1.29, 1.82) is 0 Å². The number of hydrogen-bond acceptors (Lipinski definition) is 8. The van der Waals surface area contributed by atoms with Crippen molar-refractivity contribution in [3.8, 4) is 11.4 Å². The Morgan fingerprint density at radius 1 is 0.851 bits per heavy atom. The maximum absolute atomic E-state index is 13.0. The number of hydrogen-bond donors (Lipinski definition) is 2. The van der Waals surface area contributed by atoms with Crippen LogP contribution in [0.25, 0.3) is 22.4 Å². The fourth-order valence-electron chi connectivity index (χ4n) is 6.29. The predicted molar refractivity (Wildman–Crippen MR) is 184 cm³/mol. The smallest absolute Gasteiger partial charge is 0.323 e. The summed E-state index contributed by atoms with van der Waals surface area (Å²) in [4.78, 5) is 44.7. The number of nitrogens with zero attached hydrogens (tertiary/aromatic N) is 7. The number of benzene rings is 2. The van der Waals surface area contributed by atoms with E-state index in [2.05, 4.69) is 56.3 Å². The Bertz CT molecular complexity index is 1700. The van der Waals surface area contributed by atoms with Crippen LogP contribution in [0, 0.1) is 0 Å². The van der Waals surface area contributed by atoms with Gasteiger partial charge in [0, 0.05) is 87.1 Å². The zero-order valence-electron chi connectivity index (χ0n) is 27.2. The molecule has 0 atom stereocenters. The van der Waals surface area contributed by atoms with Crippen LogP contribution in [-0.2, 0) is 11.3 Å². The summed E-state index contributed by atoms with van der Waals surface area (Å²) in [6, 6.07) is 17.1. The average Bonchev–Trinajstić information content (AvgIpc) is 3.87. The van der Waals surface area contributed by atoms with E-state index in [1.54, 1.807) is 24.3 Å². The van der Waals surface area contributed by atoms with E-state index in [0.29, 0.717) is 36.0 Å². The van der Waals surface area contributed by atoms with Crippen LogP contribution >= 0.6 is 0 Å². The number of morpholine rings is 1. The van der Waals surface area contributed by atoms with Gasteiger partial charge in [-0.05, 0) is 81.5 Å². The molecule has 3 fully saturated rings. The summed E-state index contributed by atoms with van der Waals surface area (Å²) in [5.74, 6) is 1.60. The first-order valence-electron chi connectivity index (χ1n) is 16.6. The van der Waals surface area contributed by atoms with Crippen LogP contribution in [0.5, 0.6) is 0 Å². The van der Waals surface area contributed by atoms with Crippen molar-refractivity contribution in [2.75, 3.05) is 88.7 Å². The number of piperazine rings is 1. The number of carbonyl (C=O) groups excluding carboxylic acids is 2. The van der Waals surface area contributed by atoms with Gasteiger partial charge in [0.1, 0.15) is 11.5 Å². The van der Waals surface area contributed by atoms with Gasteiger partial charge in [-0.3, -0.25) is 9.69 Å². The van der Waals surface area contributed by atoms with Crippen molar-refractivity contribution in [2.24, 2.45) is 0 Å². The molecule has 2 aromatic heterocycles. The van der Waals surface area contributed by atoms with Crippen LogP contribution in [-0.4, -0.2) is 120 Å². The third kappa shape index (κ3) is 7.24. The van der Waals surface area contributed by atoms with Crippen LogP contribution in [0.4, 0.5) is 22.0 Å². The summed E-state index contributed by atoms with van der Waals surface area (Å²) in [7, 11) is 4.13. The van der Waals surface area contributed by atoms with Crippen molar-refractivity contribution < 1.29 is 14.3 Å². The van der Waals surface area contributed by atoms with Gasteiger partial charge < -0.3 is 34.6 Å². The number of nitrogens with one attached hydrogen (secondary N) is 2. The van der Waals surface area contributed by atoms with Gasteiger partial charge in [0.15, 0.2) is 5.82 Å². The van der Waals surface area contributed by atoms with E-state index in [-0.39, 0.29) is 11.9 Å². The third-order valence-electron chi connectivity index (χ3n) is 9.15. The van der Waals surface area contributed by atoms with Crippen LogP contribution in [0.2, 0.25) is 0 Å². The Kier molecular flexibility index (Phi) is 9.05. The summed E-state index contributed by atoms with van der Waals surface area (Å²) in [5.41, 5.74) is 3.66. The highest BCUT2D eigenvalue weighted by Gasteiger charge is 2.32. The Balaban J connectivity index is 0.999. The second-order valence-corrected chi connectivity index (χ2v) is 12.8. The molecule has 47 heavy (non-hydrogen) atoms. The lowest BCUT2D eigenvalue weighted by molar-refractivity contribution is 0.0627. The second-order valence-electron chi connectivity index (χ2n) is 12.8. The molecule has 0 spiro atoms. The van der Waals surface area contributed by atoms with Gasteiger partial charge >= 0.3 is 6.03 Å². The van der Waals surface area contributed by atoms with Gasteiger partial charge in [0.25, 0.3) is 5.91 Å². The number of fused-ring (bicyclic) bond motifs is 1. The fraction of sp³-hybridized carbons (Fsp3) is 0.429. The van der Waals surface area contributed by atoms with Gasteiger partial charge in [0.2, 0.25) is 0 Å². The fourth-order valence-corrected chi connectivity index (χ4v) is 6.29. The minimum absolute atomic E-state index is 0.0403. The minimum Gasteiger partial charge on any atom is -0.378 e. The number of likely N-dealkylation sites (N-methyl/N-ethyl adjacent to an activating group) is 1. The van der Waals surface area contributed by atoms with E-state index in [1.165, 1.54) is 12.8 Å². The zero-order chi connectivity index (χ0) is 32.3. The average molecular weight is 638 g/mol. The number of rotatable bonds is 9. The Morgan fingerprint density at radius 3 is 2.15 bits per heavy atom. The Morgan fingerprint density at radius 2 is 1.51 bits per heavy atom. The molecule has 4 aromatic rings. The molecule has 0 unspecified atom stereocenters. The van der Waals surface area contributed by atoms with Crippen molar-refractivity contribution in [3.63, 3.8) is 0 Å². The standard InChI is InChI=1S/C35H43N9O3/c1-40(2)15-16-42-14-13-30-32(42)38-31(39-33(30)43-21-23-47-24-22-43)25-3-7-27(8-4-25)36-35(46)37-28-9-5-26(6-10-28)34(45)44-19-17-41(18-20-44)29-11-12-29/h3-10,13-14,29H,11-12,15-24H2,1-2H3,(H2,36,37,46). The quantitative estimate of drug-likeness (QED) is 0.283. The molecule has 2 aromatic carbocycles. The highest BCUT2D eigenvalue weighted by molar-refractivity contribution is 6.00. The summed E-state index contributed by atoms with van der Waals surface area (Å²) in [5, 5.41) is 6.80. The molecule has 0 radical (unpaired) electrons. The maximum Gasteiger partial charge on any atom is 0.323 e. The number of amides is 3. The number of aromatic nitrogens is 3. The molecule has 0 bridgehead atoms. The first-order chi connectivity index (χ1) is 22.9. The highest BCUT2D eigenvalue weighted by Crippen LogP contribution is 2.30. The van der Waals surface area contributed by atoms with Crippen molar-refractivity contribution in [3.05, 3.63) is 66.4 Å². The molecule has 2 N–H and O–H groups in total. The summed E-state index contributed by atoms with van der Waals surface area (Å²) < 4.78 is 7.78. The van der Waals surface area contributed by atoms with E-state index in [1.807, 2.05) is 29.2 Å². The van der Waals surface area contributed by atoms with E-state index >= 15 is 0 Å². The van der Waals surface area contributed by atoms with Crippen LogP contribution in [0.15, 0.2) is 60.8 Å². The van der Waals surface area contributed by atoms with Gasteiger partial charge in [-0.1, -0.05) is 0 Å². The van der Waals surface area contributed by atoms with Crippen LogP contribution in [0.1, 0.15) is 23.2 Å². The van der Waals surface area contributed by atoms with Crippen molar-refractivity contribution >= 4 is 40.2 Å². The van der Waals surface area contributed by atoms with Gasteiger partial charge in [-0.25, -0.2) is 14.8 Å². The topological polar surface area (TPSA) is 111 Å². The minimum atomic E-state index is -0.362. The maximum atomic E-state index is 13.0. The lowest BCUT2D eigenvalue weighted by Crippen LogP contribution is -2.49. The lowest BCUT2D eigenvalue weighted by atomic mass is 10.1. The molecule has 2 saturated heterocycles. The summed E-state index contributed by atoms with van der Waals surface area (Å²) in [6.45, 7) is 8.04. The first-order valence-corrected chi connectivity index (χ1v) is 16.6. The Hall–Kier alpha value is -4.52. The molecule has 7 rings (SSSR count). The lowest BCUT2D eigenvalue weighted by Gasteiger charge is -2.34. The molecule has 1 aliphatic carbocycles. The number of ether oxygens (including phenoxy) is 1. The molecule has 12 heteroatoms. The van der Waals surface area contributed by atoms with Crippen molar-refractivity contribution in [1.82, 2.24) is 29.2 Å². The van der Waals surface area contributed by atoms with Gasteiger partial charge in [-0.15, -0.1) is 0 Å². The molecular weight excluding hydrogens is 594 g/mol. The molecule has 246 valence electrons. The largest absolute Gasteiger partial charge is 0.378 e. The van der Waals surface area contributed by atoms with Gasteiger partial charge in [0.05, 0.1) is 18.6 Å². The number of carbonyl (C=O) groups is 2. The normalized spacial score (nSPS) is 17.3. The van der Waals surface area contributed by atoms with E-state index in [4.69, 9.17) is 14.7 Å². The molecule has 2 aliphatic heterocycles. The molecular formula is C35H43N9O3.